The van der Waals surface area contributed by atoms with E-state index >= 15 is 0 Å². The Kier molecular flexibility index (Phi) is 9.62. The number of benzene rings is 2. The molecule has 0 aliphatic carbocycles. The Morgan fingerprint density at radius 2 is 1.79 bits per heavy atom. The number of nitro benzene ring substituents is 1. The molecule has 3 aromatic rings. The van der Waals surface area contributed by atoms with Gasteiger partial charge in [-0.2, -0.15) is 0 Å². The molecule has 0 saturated carbocycles. The lowest BCUT2D eigenvalue weighted by Gasteiger charge is -2.26. The van der Waals surface area contributed by atoms with Crippen molar-refractivity contribution in [2.24, 2.45) is 0 Å². The van der Waals surface area contributed by atoms with Gasteiger partial charge in [0.15, 0.2) is 0 Å². The Morgan fingerprint density at radius 3 is 2.44 bits per heavy atom. The van der Waals surface area contributed by atoms with Crippen molar-refractivity contribution in [1.29, 1.82) is 0 Å². The van der Waals surface area contributed by atoms with Gasteiger partial charge in [0.2, 0.25) is 0 Å². The number of halogens is 1. The van der Waals surface area contributed by atoms with E-state index in [2.05, 4.69) is 15.3 Å². The first kappa shape index (κ1) is 29.1. The molecule has 2 aromatic carbocycles. The number of hydrogen-bond donors (Lipinski definition) is 1. The lowest BCUT2D eigenvalue weighted by Crippen LogP contribution is -2.42. The van der Waals surface area contributed by atoms with Crippen LogP contribution in [0.25, 0.3) is 0 Å². The fourth-order valence-corrected chi connectivity index (χ4v) is 3.73. The van der Waals surface area contributed by atoms with Crippen molar-refractivity contribution in [1.82, 2.24) is 19.6 Å². The molecule has 0 radical (unpaired) electrons. The smallest absolute Gasteiger partial charge is 0.421 e. The zero-order valence-electron chi connectivity index (χ0n) is 21.2. The highest BCUT2D eigenvalue weighted by Gasteiger charge is 2.28. The van der Waals surface area contributed by atoms with Gasteiger partial charge in [-0.3, -0.25) is 20.2 Å². The summed E-state index contributed by atoms with van der Waals surface area (Å²) in [6.45, 7) is 5.07. The lowest BCUT2D eigenvalue weighted by atomic mass is 10.1. The topological polar surface area (TPSA) is 157 Å². The number of rotatable bonds is 8. The molecule has 1 aromatic heterocycles. The largest absolute Gasteiger partial charge is 0.446 e. The van der Waals surface area contributed by atoms with Gasteiger partial charge in [-0.25, -0.2) is 28.2 Å². The van der Waals surface area contributed by atoms with Gasteiger partial charge in [0.1, 0.15) is 11.3 Å². The number of para-hydroxylation sites is 1. The molecule has 3 rings (SSSR count). The Labute approximate surface area is 232 Å². The Bertz CT molecular complexity index is 1390. The number of amides is 4. The van der Waals surface area contributed by atoms with Crippen LogP contribution in [0.5, 0.6) is 11.8 Å². The van der Waals surface area contributed by atoms with Gasteiger partial charge >= 0.3 is 18.1 Å². The molecule has 0 bridgehead atoms. The SMILES string of the molecule is Cc1ccc(N(SN(C)C(=O)OC(C)C)C(=O)NC(=O)c2ccccc2[N+](=O)[O-])cc1Oc1ncc(Cl)cn1. The number of carbonyl (C=O) groups is 3. The van der Waals surface area contributed by atoms with Crippen LogP contribution in [0, 0.1) is 17.0 Å². The van der Waals surface area contributed by atoms with Crippen LogP contribution < -0.4 is 14.4 Å². The summed E-state index contributed by atoms with van der Waals surface area (Å²) < 4.78 is 12.9. The van der Waals surface area contributed by atoms with Crippen LogP contribution in [0.15, 0.2) is 54.9 Å². The monoisotopic (exact) mass is 574 g/mol. The van der Waals surface area contributed by atoms with Crippen LogP contribution in [0.2, 0.25) is 5.02 Å². The van der Waals surface area contributed by atoms with E-state index in [1.807, 2.05) is 0 Å². The molecule has 1 heterocycles. The van der Waals surface area contributed by atoms with Crippen LogP contribution in [0.3, 0.4) is 0 Å². The van der Waals surface area contributed by atoms with Crippen molar-refractivity contribution >= 4 is 53.1 Å². The fraction of sp³-hybridized carbons (Fsp3) is 0.208. The molecule has 0 atom stereocenters. The van der Waals surface area contributed by atoms with Gasteiger partial charge in [0.25, 0.3) is 11.6 Å². The second-order valence-electron chi connectivity index (χ2n) is 8.08. The normalized spacial score (nSPS) is 10.5. The Balaban J connectivity index is 1.94. The summed E-state index contributed by atoms with van der Waals surface area (Å²) in [5.74, 6) is -0.742. The molecule has 13 nitrogen and oxygen atoms in total. The molecule has 0 saturated heterocycles. The molecule has 0 aliphatic heterocycles. The maximum absolute atomic E-state index is 13.3. The van der Waals surface area contributed by atoms with Crippen LogP contribution in [0.4, 0.5) is 21.0 Å². The Hall–Kier alpha value is -4.43. The number of carbonyl (C=O) groups excluding carboxylic acids is 3. The zero-order chi connectivity index (χ0) is 28.7. The number of ether oxygens (including phenoxy) is 2. The number of nitro groups is 1. The van der Waals surface area contributed by atoms with E-state index < -0.39 is 34.7 Å². The van der Waals surface area contributed by atoms with E-state index in [-0.39, 0.29) is 23.0 Å². The summed E-state index contributed by atoms with van der Waals surface area (Å²) in [4.78, 5) is 57.2. The van der Waals surface area contributed by atoms with Crippen molar-refractivity contribution in [3.8, 4) is 11.8 Å². The van der Waals surface area contributed by atoms with Crippen LogP contribution >= 0.6 is 23.7 Å². The third-order valence-corrected chi connectivity index (χ3v) is 5.88. The van der Waals surface area contributed by atoms with E-state index in [1.165, 1.54) is 43.7 Å². The highest BCUT2D eigenvalue weighted by molar-refractivity contribution is 7.99. The molecular weight excluding hydrogens is 552 g/mol. The second kappa shape index (κ2) is 12.9. The summed E-state index contributed by atoms with van der Waals surface area (Å²) in [6.07, 6.45) is 1.52. The van der Waals surface area contributed by atoms with Crippen molar-refractivity contribution < 1.29 is 28.8 Å². The molecule has 0 fully saturated rings. The van der Waals surface area contributed by atoms with Gasteiger partial charge in [0.05, 0.1) is 46.3 Å². The summed E-state index contributed by atoms with van der Waals surface area (Å²) in [7, 11) is 1.37. The molecule has 0 aliphatic rings. The average molecular weight is 575 g/mol. The van der Waals surface area contributed by atoms with Crippen molar-refractivity contribution in [2.45, 2.75) is 26.9 Å². The maximum Gasteiger partial charge on any atom is 0.421 e. The third kappa shape index (κ3) is 7.78. The van der Waals surface area contributed by atoms with E-state index in [4.69, 9.17) is 21.1 Å². The molecule has 4 amide bonds. The number of imide groups is 1. The van der Waals surface area contributed by atoms with Crippen LogP contribution in [-0.4, -0.2) is 50.4 Å². The first-order valence-electron chi connectivity index (χ1n) is 11.2. The van der Waals surface area contributed by atoms with Gasteiger partial charge in [0, 0.05) is 19.2 Å². The summed E-state index contributed by atoms with van der Waals surface area (Å²) in [5, 5.41) is 13.8. The molecule has 204 valence electrons. The number of anilines is 1. The third-order valence-electron chi connectivity index (χ3n) is 4.75. The van der Waals surface area contributed by atoms with Gasteiger partial charge in [-0.05, 0) is 38.5 Å². The molecular formula is C24H23ClN6O7S. The summed E-state index contributed by atoms with van der Waals surface area (Å²) >= 11 is 6.44. The highest BCUT2D eigenvalue weighted by Crippen LogP contribution is 2.32. The first-order valence-corrected chi connectivity index (χ1v) is 12.3. The lowest BCUT2D eigenvalue weighted by molar-refractivity contribution is -0.385. The van der Waals surface area contributed by atoms with Crippen LogP contribution in [-0.2, 0) is 4.74 Å². The molecule has 0 unspecified atom stereocenters. The van der Waals surface area contributed by atoms with Crippen molar-refractivity contribution in [3.63, 3.8) is 0 Å². The van der Waals surface area contributed by atoms with E-state index in [1.54, 1.807) is 32.9 Å². The first-order chi connectivity index (χ1) is 18.5. The fourth-order valence-electron chi connectivity index (χ4n) is 2.95. The number of nitrogens with one attached hydrogen (secondary N) is 1. The molecule has 39 heavy (non-hydrogen) atoms. The van der Waals surface area contributed by atoms with E-state index in [9.17, 15) is 24.5 Å². The average Bonchev–Trinajstić information content (AvgIpc) is 2.89. The van der Waals surface area contributed by atoms with Gasteiger partial charge in [-0.1, -0.05) is 29.8 Å². The van der Waals surface area contributed by atoms with Gasteiger partial charge in [-0.15, -0.1) is 0 Å². The maximum atomic E-state index is 13.3. The van der Waals surface area contributed by atoms with E-state index in [0.29, 0.717) is 22.7 Å². The second-order valence-corrected chi connectivity index (χ2v) is 9.59. The van der Waals surface area contributed by atoms with Crippen molar-refractivity contribution in [2.75, 3.05) is 11.4 Å². The van der Waals surface area contributed by atoms with Crippen LogP contribution in [0.1, 0.15) is 29.8 Å². The number of aryl methyl sites for hydroxylation is 1. The van der Waals surface area contributed by atoms with Gasteiger partial charge < -0.3 is 9.47 Å². The summed E-state index contributed by atoms with van der Waals surface area (Å²) in [6, 6.07) is 8.84. The molecule has 15 heteroatoms. The van der Waals surface area contributed by atoms with E-state index in [0.717, 1.165) is 14.7 Å². The minimum atomic E-state index is -1.01. The number of aromatic nitrogens is 2. The predicted octanol–water partition coefficient (Wildman–Crippen LogP) is 5.54. The minimum Gasteiger partial charge on any atom is -0.446 e. The molecule has 0 spiro atoms. The zero-order valence-corrected chi connectivity index (χ0v) is 22.7. The predicted molar refractivity (Wildman–Crippen MR) is 144 cm³/mol. The number of hydrogen-bond acceptors (Lipinski definition) is 10. The highest BCUT2D eigenvalue weighted by atomic mass is 35.5. The number of nitrogens with zero attached hydrogens (tertiary/aromatic N) is 5. The van der Waals surface area contributed by atoms with Crippen molar-refractivity contribution in [3.05, 3.63) is 81.1 Å². The standard InChI is InChI=1S/C24H23ClN6O7S/c1-14(2)37-24(34)29(4)39-30(23(33)28-21(32)18-7-5-6-8-19(18)31(35)36)17-10-9-15(3)20(11-17)38-22-26-12-16(25)13-27-22/h5-14H,1-4H3,(H,28,32,33). The number of urea groups is 1. The Morgan fingerprint density at radius 1 is 1.13 bits per heavy atom. The summed E-state index contributed by atoms with van der Waals surface area (Å²) in [5.41, 5.74) is 0.0487. The minimum absolute atomic E-state index is 0.00695. The molecule has 1 N–H and O–H groups in total. The quantitative estimate of drug-likeness (QED) is 0.206.